The highest BCUT2D eigenvalue weighted by molar-refractivity contribution is 5.81. The molecular weight excluding hydrogens is 325 g/mol. The Kier molecular flexibility index (Phi) is 4.44. The minimum absolute atomic E-state index is 0.0169. The summed E-state index contributed by atoms with van der Waals surface area (Å²) in [5.74, 6) is -1.11. The second kappa shape index (κ2) is 6.25. The molecule has 0 radical (unpaired) electrons. The van der Waals surface area contributed by atoms with Crippen molar-refractivity contribution in [2.24, 2.45) is 0 Å². The van der Waals surface area contributed by atoms with E-state index in [1.54, 1.807) is 0 Å². The SMILES string of the molecule is O=C(O)C1(Oc2cc(C(F)(F)F)ccc2CN2CCNCC2)CC1. The van der Waals surface area contributed by atoms with Crippen molar-refractivity contribution < 1.29 is 27.8 Å². The molecule has 1 aromatic carbocycles. The van der Waals surface area contributed by atoms with E-state index in [4.69, 9.17) is 4.74 Å². The third-order valence-electron chi connectivity index (χ3n) is 4.40. The number of hydrogen-bond donors (Lipinski definition) is 2. The van der Waals surface area contributed by atoms with Crippen molar-refractivity contribution in [1.82, 2.24) is 10.2 Å². The summed E-state index contributed by atoms with van der Waals surface area (Å²) >= 11 is 0. The van der Waals surface area contributed by atoms with Crippen LogP contribution in [-0.2, 0) is 17.5 Å². The molecule has 0 aromatic heterocycles. The zero-order valence-electron chi connectivity index (χ0n) is 13.0. The first-order valence-electron chi connectivity index (χ1n) is 7.86. The number of benzene rings is 1. The van der Waals surface area contributed by atoms with Gasteiger partial charge in [-0.2, -0.15) is 13.2 Å². The molecule has 8 heteroatoms. The van der Waals surface area contributed by atoms with E-state index in [9.17, 15) is 23.1 Å². The van der Waals surface area contributed by atoms with Crippen LogP contribution in [0.2, 0.25) is 0 Å². The van der Waals surface area contributed by atoms with Crippen molar-refractivity contribution in [2.75, 3.05) is 26.2 Å². The van der Waals surface area contributed by atoms with Crippen molar-refractivity contribution in [1.29, 1.82) is 0 Å². The fourth-order valence-electron chi connectivity index (χ4n) is 2.75. The molecule has 0 atom stereocenters. The van der Waals surface area contributed by atoms with Gasteiger partial charge in [-0.1, -0.05) is 6.07 Å². The van der Waals surface area contributed by atoms with Gasteiger partial charge in [0.1, 0.15) is 5.75 Å². The average Bonchev–Trinajstić information content (AvgIpc) is 3.30. The molecule has 1 aromatic rings. The van der Waals surface area contributed by atoms with Gasteiger partial charge >= 0.3 is 12.1 Å². The number of nitrogens with zero attached hydrogens (tertiary/aromatic N) is 1. The van der Waals surface area contributed by atoms with Crippen molar-refractivity contribution in [2.45, 2.75) is 31.2 Å². The van der Waals surface area contributed by atoms with Gasteiger partial charge in [0, 0.05) is 51.1 Å². The molecule has 0 unspecified atom stereocenters. The van der Waals surface area contributed by atoms with E-state index in [1.807, 2.05) is 0 Å². The monoisotopic (exact) mass is 344 g/mol. The summed E-state index contributed by atoms with van der Waals surface area (Å²) < 4.78 is 44.5. The first-order valence-corrected chi connectivity index (χ1v) is 7.86. The number of ether oxygens (including phenoxy) is 1. The van der Waals surface area contributed by atoms with Gasteiger partial charge < -0.3 is 15.2 Å². The third kappa shape index (κ3) is 3.64. The van der Waals surface area contributed by atoms with Crippen LogP contribution in [0.5, 0.6) is 5.75 Å². The molecule has 1 saturated heterocycles. The van der Waals surface area contributed by atoms with E-state index in [2.05, 4.69) is 10.2 Å². The Bertz CT molecular complexity index is 623. The molecule has 2 fully saturated rings. The summed E-state index contributed by atoms with van der Waals surface area (Å²) in [7, 11) is 0. The summed E-state index contributed by atoms with van der Waals surface area (Å²) in [5.41, 5.74) is -1.62. The minimum Gasteiger partial charge on any atom is -0.478 e. The number of aliphatic carboxylic acids is 1. The lowest BCUT2D eigenvalue weighted by atomic mass is 10.1. The first kappa shape index (κ1) is 17.0. The number of carboxylic acids is 1. The predicted molar refractivity (Wildman–Crippen MR) is 79.8 cm³/mol. The molecular formula is C16H19F3N2O3. The zero-order valence-corrected chi connectivity index (χ0v) is 13.0. The third-order valence-corrected chi connectivity index (χ3v) is 4.40. The molecule has 5 nitrogen and oxygen atoms in total. The van der Waals surface area contributed by atoms with Crippen LogP contribution >= 0.6 is 0 Å². The molecule has 132 valence electrons. The van der Waals surface area contributed by atoms with Crippen LogP contribution in [0.25, 0.3) is 0 Å². The van der Waals surface area contributed by atoms with E-state index in [0.717, 1.165) is 38.3 Å². The number of piperazine rings is 1. The highest BCUT2D eigenvalue weighted by Crippen LogP contribution is 2.43. The summed E-state index contributed by atoms with van der Waals surface area (Å²) in [4.78, 5) is 13.4. The Morgan fingerprint density at radius 3 is 2.50 bits per heavy atom. The first-order chi connectivity index (χ1) is 11.3. The number of halogens is 3. The van der Waals surface area contributed by atoms with Crippen LogP contribution in [0.3, 0.4) is 0 Å². The van der Waals surface area contributed by atoms with Crippen LogP contribution < -0.4 is 10.1 Å². The Morgan fingerprint density at radius 2 is 1.96 bits per heavy atom. The van der Waals surface area contributed by atoms with Crippen molar-refractivity contribution in [3.63, 3.8) is 0 Å². The van der Waals surface area contributed by atoms with Gasteiger partial charge in [-0.3, -0.25) is 4.90 Å². The van der Waals surface area contributed by atoms with Gasteiger partial charge in [-0.25, -0.2) is 4.79 Å². The zero-order chi connectivity index (χ0) is 17.4. The Labute approximate surface area is 137 Å². The Balaban J connectivity index is 1.87. The van der Waals surface area contributed by atoms with E-state index >= 15 is 0 Å². The molecule has 1 aliphatic heterocycles. The van der Waals surface area contributed by atoms with Gasteiger partial charge in [-0.05, 0) is 12.1 Å². The van der Waals surface area contributed by atoms with E-state index in [-0.39, 0.29) is 5.75 Å². The van der Waals surface area contributed by atoms with Crippen LogP contribution in [0.1, 0.15) is 24.0 Å². The molecule has 1 saturated carbocycles. The van der Waals surface area contributed by atoms with E-state index < -0.39 is 23.3 Å². The standard InChI is InChI=1S/C16H19F3N2O3/c17-16(18,19)12-2-1-11(10-21-7-5-20-6-8-21)13(9-12)24-15(3-4-15)14(22)23/h1-2,9,20H,3-8,10H2,(H,22,23). The Hall–Kier alpha value is -1.80. The molecule has 0 spiro atoms. The molecule has 2 N–H and O–H groups in total. The molecule has 3 rings (SSSR count). The molecule has 0 amide bonds. The van der Waals surface area contributed by atoms with Gasteiger partial charge in [-0.15, -0.1) is 0 Å². The van der Waals surface area contributed by atoms with E-state index in [1.165, 1.54) is 6.07 Å². The summed E-state index contributed by atoms with van der Waals surface area (Å²) in [6.45, 7) is 3.63. The smallest absolute Gasteiger partial charge is 0.416 e. The van der Waals surface area contributed by atoms with Gasteiger partial charge in [0.15, 0.2) is 0 Å². The second-order valence-corrected chi connectivity index (χ2v) is 6.25. The average molecular weight is 344 g/mol. The molecule has 1 heterocycles. The largest absolute Gasteiger partial charge is 0.478 e. The lowest BCUT2D eigenvalue weighted by Crippen LogP contribution is -2.43. The van der Waals surface area contributed by atoms with Crippen molar-refractivity contribution >= 4 is 5.97 Å². The fraction of sp³-hybridized carbons (Fsp3) is 0.562. The Morgan fingerprint density at radius 1 is 1.29 bits per heavy atom. The van der Waals surface area contributed by atoms with Crippen molar-refractivity contribution in [3.05, 3.63) is 29.3 Å². The molecule has 1 aliphatic carbocycles. The number of nitrogens with one attached hydrogen (secondary N) is 1. The lowest BCUT2D eigenvalue weighted by molar-refractivity contribution is -0.147. The van der Waals surface area contributed by atoms with Gasteiger partial charge in [0.05, 0.1) is 5.56 Å². The quantitative estimate of drug-likeness (QED) is 0.857. The summed E-state index contributed by atoms with van der Waals surface area (Å²) in [6.07, 6.45) is -3.87. The topological polar surface area (TPSA) is 61.8 Å². The highest BCUT2D eigenvalue weighted by Gasteiger charge is 2.54. The molecule has 2 aliphatic rings. The normalized spacial score (nSPS) is 20.6. The molecule has 24 heavy (non-hydrogen) atoms. The van der Waals surface area contributed by atoms with Crippen LogP contribution in [0.15, 0.2) is 18.2 Å². The van der Waals surface area contributed by atoms with E-state index in [0.29, 0.717) is 24.9 Å². The summed E-state index contributed by atoms with van der Waals surface area (Å²) in [5, 5.41) is 12.4. The molecule has 0 bridgehead atoms. The summed E-state index contributed by atoms with van der Waals surface area (Å²) in [6, 6.07) is 3.32. The fourth-order valence-corrected chi connectivity index (χ4v) is 2.75. The van der Waals surface area contributed by atoms with Gasteiger partial charge in [0.2, 0.25) is 5.60 Å². The predicted octanol–water partition coefficient (Wildman–Crippen LogP) is 2.11. The number of carbonyl (C=O) groups is 1. The maximum Gasteiger partial charge on any atom is 0.416 e. The minimum atomic E-state index is -4.49. The number of carboxylic acid groups (broad SMARTS) is 1. The van der Waals surface area contributed by atoms with Crippen LogP contribution in [-0.4, -0.2) is 47.8 Å². The van der Waals surface area contributed by atoms with Crippen LogP contribution in [0.4, 0.5) is 13.2 Å². The highest BCUT2D eigenvalue weighted by atomic mass is 19.4. The van der Waals surface area contributed by atoms with Crippen LogP contribution in [0, 0.1) is 0 Å². The number of rotatable bonds is 5. The maximum absolute atomic E-state index is 13.0. The van der Waals surface area contributed by atoms with Gasteiger partial charge in [0.25, 0.3) is 0 Å². The number of hydrogen-bond acceptors (Lipinski definition) is 4. The maximum atomic E-state index is 13.0. The lowest BCUT2D eigenvalue weighted by Gasteiger charge is -2.28. The second-order valence-electron chi connectivity index (χ2n) is 6.25. The number of alkyl halides is 3. The van der Waals surface area contributed by atoms with Crippen molar-refractivity contribution in [3.8, 4) is 5.75 Å².